The standard InChI is InChI=1S/C24H32F3N3O/c25-24(26,27)20-8-4-9-21(17-20)28-12-14-29(15-13-28)22-10-5-11-30(18-22)23(31)16-19-6-2-1-3-7-19/h4,6,8-9,17,22H,1-3,5,7,10-16,18H2/t22-/m0/s1. The first kappa shape index (κ1) is 22.2. The normalized spacial score (nSPS) is 23.6. The molecule has 0 aromatic heterocycles. The fraction of sp³-hybridized carbons (Fsp3) is 0.625. The van der Waals surface area contributed by atoms with E-state index in [0.29, 0.717) is 31.2 Å². The number of carbonyl (C=O) groups is 1. The third-order valence-electron chi connectivity index (χ3n) is 6.88. The second-order valence-corrected chi connectivity index (χ2v) is 8.99. The van der Waals surface area contributed by atoms with Crippen LogP contribution in [0.25, 0.3) is 0 Å². The number of halogens is 3. The number of alkyl halides is 3. The molecule has 1 aromatic carbocycles. The first-order valence-electron chi connectivity index (χ1n) is 11.5. The smallest absolute Gasteiger partial charge is 0.369 e. The highest BCUT2D eigenvalue weighted by atomic mass is 19.4. The number of piperazine rings is 1. The Hall–Kier alpha value is -2.02. The summed E-state index contributed by atoms with van der Waals surface area (Å²) in [5.74, 6) is 0.250. The topological polar surface area (TPSA) is 26.8 Å². The number of benzene rings is 1. The minimum Gasteiger partial charge on any atom is -0.369 e. The zero-order valence-electron chi connectivity index (χ0n) is 18.0. The fourth-order valence-electron chi connectivity index (χ4n) is 5.07. The van der Waals surface area contributed by atoms with Gasteiger partial charge in [0.25, 0.3) is 0 Å². The van der Waals surface area contributed by atoms with Gasteiger partial charge in [-0.25, -0.2) is 0 Å². The molecule has 2 heterocycles. The highest BCUT2D eigenvalue weighted by Gasteiger charge is 2.32. The second kappa shape index (κ2) is 9.63. The van der Waals surface area contributed by atoms with Crippen LogP contribution in [-0.4, -0.2) is 61.0 Å². The predicted octanol–water partition coefficient (Wildman–Crippen LogP) is 4.71. The monoisotopic (exact) mass is 435 g/mol. The Balaban J connectivity index is 1.30. The molecule has 4 rings (SSSR count). The van der Waals surface area contributed by atoms with Crippen LogP contribution in [0.2, 0.25) is 0 Å². The molecule has 2 aliphatic heterocycles. The first-order valence-corrected chi connectivity index (χ1v) is 11.5. The van der Waals surface area contributed by atoms with Gasteiger partial charge in [-0.2, -0.15) is 13.2 Å². The Morgan fingerprint density at radius 3 is 2.55 bits per heavy atom. The third kappa shape index (κ3) is 5.62. The molecule has 3 aliphatic rings. The lowest BCUT2D eigenvalue weighted by Crippen LogP contribution is -2.55. The van der Waals surface area contributed by atoms with Crippen molar-refractivity contribution in [1.82, 2.24) is 9.80 Å². The summed E-state index contributed by atoms with van der Waals surface area (Å²) in [5, 5.41) is 0. The Bertz CT molecular complexity index is 800. The number of allylic oxidation sites excluding steroid dienone is 1. The Kier molecular flexibility index (Phi) is 6.89. The number of carbonyl (C=O) groups excluding carboxylic acids is 1. The van der Waals surface area contributed by atoms with Gasteiger partial charge in [0.2, 0.25) is 5.91 Å². The van der Waals surface area contributed by atoms with Crippen molar-refractivity contribution in [2.24, 2.45) is 0 Å². The fourth-order valence-corrected chi connectivity index (χ4v) is 5.07. The van der Waals surface area contributed by atoms with Gasteiger partial charge >= 0.3 is 6.18 Å². The molecule has 170 valence electrons. The zero-order chi connectivity index (χ0) is 21.8. The largest absolute Gasteiger partial charge is 0.416 e. The summed E-state index contributed by atoms with van der Waals surface area (Å²) in [6.45, 7) is 4.65. The van der Waals surface area contributed by atoms with Crippen molar-refractivity contribution in [1.29, 1.82) is 0 Å². The molecule has 31 heavy (non-hydrogen) atoms. The van der Waals surface area contributed by atoms with E-state index in [4.69, 9.17) is 0 Å². The number of anilines is 1. The molecule has 1 aromatic rings. The summed E-state index contributed by atoms with van der Waals surface area (Å²) in [6.07, 6.45) is 5.17. The Morgan fingerprint density at radius 1 is 1.03 bits per heavy atom. The molecule has 2 fully saturated rings. The number of hydrogen-bond acceptors (Lipinski definition) is 3. The van der Waals surface area contributed by atoms with Crippen LogP contribution in [0, 0.1) is 0 Å². The Morgan fingerprint density at radius 2 is 1.84 bits per heavy atom. The minimum absolute atomic E-state index is 0.250. The summed E-state index contributed by atoms with van der Waals surface area (Å²) in [4.78, 5) is 19.3. The second-order valence-electron chi connectivity index (χ2n) is 8.99. The average molecular weight is 436 g/mol. The van der Waals surface area contributed by atoms with Crippen molar-refractivity contribution in [3.8, 4) is 0 Å². The van der Waals surface area contributed by atoms with E-state index in [1.807, 2.05) is 9.80 Å². The van der Waals surface area contributed by atoms with E-state index in [9.17, 15) is 18.0 Å². The van der Waals surface area contributed by atoms with Gasteiger partial charge in [-0.05, 0) is 56.7 Å². The van der Waals surface area contributed by atoms with Gasteiger partial charge in [0, 0.05) is 57.4 Å². The van der Waals surface area contributed by atoms with Crippen LogP contribution in [-0.2, 0) is 11.0 Å². The number of likely N-dealkylation sites (tertiary alicyclic amines) is 1. The molecular weight excluding hydrogens is 403 g/mol. The Labute approximate surface area is 182 Å². The lowest BCUT2D eigenvalue weighted by molar-refractivity contribution is -0.137. The maximum atomic E-state index is 13.0. The van der Waals surface area contributed by atoms with Crippen molar-refractivity contribution in [3.05, 3.63) is 41.5 Å². The van der Waals surface area contributed by atoms with E-state index in [-0.39, 0.29) is 5.91 Å². The van der Waals surface area contributed by atoms with Crippen LogP contribution in [0.1, 0.15) is 50.5 Å². The van der Waals surface area contributed by atoms with Gasteiger partial charge < -0.3 is 9.80 Å². The molecular formula is C24H32F3N3O. The molecule has 2 saturated heterocycles. The molecule has 0 radical (unpaired) electrons. The predicted molar refractivity (Wildman–Crippen MR) is 116 cm³/mol. The van der Waals surface area contributed by atoms with Gasteiger partial charge in [0.05, 0.1) is 5.56 Å². The van der Waals surface area contributed by atoms with Gasteiger partial charge in [-0.3, -0.25) is 9.69 Å². The molecule has 0 spiro atoms. The van der Waals surface area contributed by atoms with Crippen LogP contribution in [0.4, 0.5) is 18.9 Å². The van der Waals surface area contributed by atoms with Crippen molar-refractivity contribution in [2.75, 3.05) is 44.2 Å². The molecule has 1 amide bonds. The molecule has 4 nitrogen and oxygen atoms in total. The van der Waals surface area contributed by atoms with E-state index < -0.39 is 11.7 Å². The maximum absolute atomic E-state index is 13.0. The van der Waals surface area contributed by atoms with E-state index in [1.165, 1.54) is 30.5 Å². The van der Waals surface area contributed by atoms with Crippen LogP contribution in [0.15, 0.2) is 35.9 Å². The van der Waals surface area contributed by atoms with E-state index in [1.54, 1.807) is 6.07 Å². The average Bonchev–Trinajstić information content (AvgIpc) is 2.79. The highest BCUT2D eigenvalue weighted by molar-refractivity contribution is 5.79. The number of nitrogens with zero attached hydrogens (tertiary/aromatic N) is 3. The number of rotatable bonds is 4. The molecule has 7 heteroatoms. The van der Waals surface area contributed by atoms with Crippen molar-refractivity contribution in [2.45, 2.75) is 57.2 Å². The SMILES string of the molecule is O=C(CC1=CCCCC1)N1CCC[C@H](N2CCN(c3cccc(C(F)(F)F)c3)CC2)C1. The zero-order valence-corrected chi connectivity index (χ0v) is 18.0. The van der Waals surface area contributed by atoms with Gasteiger partial charge in [0.15, 0.2) is 0 Å². The van der Waals surface area contributed by atoms with Crippen LogP contribution < -0.4 is 4.90 Å². The maximum Gasteiger partial charge on any atom is 0.416 e. The molecule has 0 N–H and O–H groups in total. The van der Waals surface area contributed by atoms with Crippen LogP contribution in [0.5, 0.6) is 0 Å². The number of hydrogen-bond donors (Lipinski definition) is 0. The lowest BCUT2D eigenvalue weighted by Gasteiger charge is -2.44. The van der Waals surface area contributed by atoms with Crippen molar-refractivity contribution < 1.29 is 18.0 Å². The quantitative estimate of drug-likeness (QED) is 0.641. The molecule has 1 atom stereocenters. The highest BCUT2D eigenvalue weighted by Crippen LogP contribution is 2.32. The number of piperidine rings is 1. The summed E-state index contributed by atoms with van der Waals surface area (Å²) in [7, 11) is 0. The van der Waals surface area contributed by atoms with Crippen molar-refractivity contribution in [3.63, 3.8) is 0 Å². The van der Waals surface area contributed by atoms with Gasteiger partial charge in [-0.1, -0.05) is 17.7 Å². The molecule has 0 unspecified atom stereocenters. The summed E-state index contributed by atoms with van der Waals surface area (Å²) in [5.41, 5.74) is 1.34. The van der Waals surface area contributed by atoms with Crippen LogP contribution in [0.3, 0.4) is 0 Å². The molecule has 1 aliphatic carbocycles. The summed E-state index contributed by atoms with van der Waals surface area (Å²) < 4.78 is 39.1. The third-order valence-corrected chi connectivity index (χ3v) is 6.88. The number of amides is 1. The van der Waals surface area contributed by atoms with Crippen molar-refractivity contribution >= 4 is 11.6 Å². The molecule has 0 saturated carbocycles. The summed E-state index contributed by atoms with van der Waals surface area (Å²) in [6, 6.07) is 5.96. The summed E-state index contributed by atoms with van der Waals surface area (Å²) >= 11 is 0. The van der Waals surface area contributed by atoms with E-state index >= 15 is 0 Å². The van der Waals surface area contributed by atoms with Gasteiger partial charge in [0.1, 0.15) is 0 Å². The first-order chi connectivity index (χ1) is 14.9. The van der Waals surface area contributed by atoms with Gasteiger partial charge in [-0.15, -0.1) is 0 Å². The molecule has 0 bridgehead atoms. The van der Waals surface area contributed by atoms with E-state index in [0.717, 1.165) is 57.9 Å². The van der Waals surface area contributed by atoms with E-state index in [2.05, 4.69) is 11.0 Å². The lowest BCUT2D eigenvalue weighted by atomic mass is 9.96. The van der Waals surface area contributed by atoms with Crippen LogP contribution >= 0.6 is 0 Å². The minimum atomic E-state index is -4.32.